The Hall–Kier alpha value is -5.36. The van der Waals surface area contributed by atoms with Crippen LogP contribution < -0.4 is 10.5 Å². The number of aromatic nitrogens is 1. The molecule has 0 spiro atoms. The minimum atomic E-state index is -1.09. The molecule has 1 heterocycles. The van der Waals surface area contributed by atoms with Crippen LogP contribution in [0, 0.1) is 0 Å². The van der Waals surface area contributed by atoms with Crippen molar-refractivity contribution in [3.05, 3.63) is 126 Å². The molecule has 0 aliphatic carbocycles. The van der Waals surface area contributed by atoms with E-state index in [1.54, 1.807) is 6.07 Å². The smallest absolute Gasteiger partial charge is 0.341 e. The highest BCUT2D eigenvalue weighted by Crippen LogP contribution is 2.41. The lowest BCUT2D eigenvalue weighted by molar-refractivity contribution is -0.139. The SMILES string of the molecule is NC(=O)c1cccc2c1c1c(OCC(=O)O)cc(-c3ccccc3)cc1n2Cc1ccccc1-c1ccccc1. The van der Waals surface area contributed by atoms with Gasteiger partial charge in [-0.1, -0.05) is 91.0 Å². The Morgan fingerprint density at radius 3 is 2.08 bits per heavy atom. The monoisotopic (exact) mass is 526 g/mol. The Kier molecular flexibility index (Phi) is 6.50. The molecule has 0 fully saturated rings. The molecule has 3 N–H and O–H groups in total. The van der Waals surface area contributed by atoms with Gasteiger partial charge in [0.2, 0.25) is 5.91 Å². The number of nitrogens with two attached hydrogens (primary N) is 1. The molecule has 6 aromatic rings. The van der Waals surface area contributed by atoms with Crippen LogP contribution in [0.5, 0.6) is 5.75 Å². The summed E-state index contributed by atoms with van der Waals surface area (Å²) in [6.45, 7) is -0.0144. The maximum Gasteiger partial charge on any atom is 0.341 e. The second-order valence-corrected chi connectivity index (χ2v) is 9.59. The van der Waals surface area contributed by atoms with E-state index in [0.717, 1.165) is 38.9 Å². The van der Waals surface area contributed by atoms with Crippen molar-refractivity contribution in [2.75, 3.05) is 6.61 Å². The molecule has 5 aromatic carbocycles. The zero-order valence-electron chi connectivity index (χ0n) is 21.6. The third-order valence-corrected chi connectivity index (χ3v) is 7.11. The number of hydrogen-bond donors (Lipinski definition) is 2. The van der Waals surface area contributed by atoms with E-state index in [1.165, 1.54) is 0 Å². The Morgan fingerprint density at radius 1 is 0.700 bits per heavy atom. The van der Waals surface area contributed by atoms with Crippen molar-refractivity contribution in [1.29, 1.82) is 0 Å². The summed E-state index contributed by atoms with van der Waals surface area (Å²) in [7, 11) is 0. The van der Waals surface area contributed by atoms with E-state index in [9.17, 15) is 14.7 Å². The molecule has 6 rings (SSSR count). The number of carbonyl (C=O) groups excluding carboxylic acids is 1. The first-order valence-corrected chi connectivity index (χ1v) is 12.9. The fourth-order valence-corrected chi connectivity index (χ4v) is 5.38. The first kappa shape index (κ1) is 24.9. The van der Waals surface area contributed by atoms with Gasteiger partial charge in [-0.3, -0.25) is 4.79 Å². The van der Waals surface area contributed by atoms with E-state index in [2.05, 4.69) is 34.9 Å². The van der Waals surface area contributed by atoms with Gasteiger partial charge < -0.3 is 20.1 Å². The summed E-state index contributed by atoms with van der Waals surface area (Å²) in [5.41, 5.74) is 12.9. The Bertz CT molecular complexity index is 1880. The van der Waals surface area contributed by atoms with Crippen LogP contribution in [0.25, 0.3) is 44.1 Å². The topological polar surface area (TPSA) is 94.6 Å². The van der Waals surface area contributed by atoms with Gasteiger partial charge in [-0.2, -0.15) is 0 Å². The summed E-state index contributed by atoms with van der Waals surface area (Å²) in [4.78, 5) is 24.1. The normalized spacial score (nSPS) is 11.1. The average Bonchev–Trinajstić information content (AvgIpc) is 3.30. The number of carbonyl (C=O) groups is 2. The number of fused-ring (bicyclic) bond motifs is 3. The van der Waals surface area contributed by atoms with E-state index < -0.39 is 18.5 Å². The average molecular weight is 527 g/mol. The molecule has 6 nitrogen and oxygen atoms in total. The molecule has 196 valence electrons. The van der Waals surface area contributed by atoms with E-state index in [1.807, 2.05) is 78.9 Å². The van der Waals surface area contributed by atoms with Crippen LogP contribution in [-0.2, 0) is 11.3 Å². The summed E-state index contributed by atoms with van der Waals surface area (Å²) in [6.07, 6.45) is 0. The molecule has 0 radical (unpaired) electrons. The van der Waals surface area contributed by atoms with Gasteiger partial charge in [0.1, 0.15) is 5.75 Å². The van der Waals surface area contributed by atoms with Gasteiger partial charge in [0, 0.05) is 17.5 Å². The lowest BCUT2D eigenvalue weighted by Crippen LogP contribution is -2.11. The largest absolute Gasteiger partial charge is 0.481 e. The summed E-state index contributed by atoms with van der Waals surface area (Å²) >= 11 is 0. The third-order valence-electron chi connectivity index (χ3n) is 7.11. The second-order valence-electron chi connectivity index (χ2n) is 9.59. The van der Waals surface area contributed by atoms with Crippen LogP contribution in [0.3, 0.4) is 0 Å². The Labute approximate surface area is 230 Å². The number of carboxylic acid groups (broad SMARTS) is 1. The van der Waals surface area contributed by atoms with Gasteiger partial charge in [0.15, 0.2) is 6.61 Å². The molecule has 0 atom stereocenters. The molecule has 0 saturated carbocycles. The van der Waals surface area contributed by atoms with E-state index in [4.69, 9.17) is 10.5 Å². The molecular weight excluding hydrogens is 500 g/mol. The van der Waals surface area contributed by atoms with Crippen LogP contribution in [0.15, 0.2) is 115 Å². The van der Waals surface area contributed by atoms with Gasteiger partial charge >= 0.3 is 5.97 Å². The van der Waals surface area contributed by atoms with Crippen molar-refractivity contribution < 1.29 is 19.4 Å². The molecule has 0 aliphatic heterocycles. The predicted octanol–water partition coefficient (Wildman–Crippen LogP) is 6.74. The zero-order valence-corrected chi connectivity index (χ0v) is 21.6. The highest BCUT2D eigenvalue weighted by Gasteiger charge is 2.22. The molecule has 0 aliphatic rings. The van der Waals surface area contributed by atoms with Crippen LogP contribution in [-0.4, -0.2) is 28.2 Å². The van der Waals surface area contributed by atoms with Crippen molar-refractivity contribution in [3.63, 3.8) is 0 Å². The third kappa shape index (κ3) is 4.56. The fraction of sp³-hybridized carbons (Fsp3) is 0.0588. The molecule has 40 heavy (non-hydrogen) atoms. The fourth-order valence-electron chi connectivity index (χ4n) is 5.38. The van der Waals surface area contributed by atoms with E-state index in [0.29, 0.717) is 28.6 Å². The lowest BCUT2D eigenvalue weighted by atomic mass is 9.99. The maximum atomic E-state index is 12.6. The van der Waals surface area contributed by atoms with Gasteiger partial charge in [0.25, 0.3) is 0 Å². The summed E-state index contributed by atoms with van der Waals surface area (Å²) in [5, 5.41) is 10.7. The number of aliphatic carboxylic acids is 1. The van der Waals surface area contributed by atoms with Crippen molar-refractivity contribution in [2.45, 2.75) is 6.54 Å². The predicted molar refractivity (Wildman–Crippen MR) is 158 cm³/mol. The van der Waals surface area contributed by atoms with Crippen molar-refractivity contribution in [1.82, 2.24) is 4.57 Å². The van der Waals surface area contributed by atoms with Gasteiger partial charge in [-0.05, 0) is 52.1 Å². The number of nitrogens with zero attached hydrogens (tertiary/aromatic N) is 1. The standard InChI is InChI=1S/C34H26N2O4/c35-34(39)27-16-9-17-28-32(27)33-29(18-25(22-10-3-1-4-11-22)19-30(33)40-21-31(37)38)36(28)20-24-14-7-8-15-26(24)23-12-5-2-6-13-23/h1-19H,20-21H2,(H2,35,39)(H,37,38). The van der Waals surface area contributed by atoms with Crippen LogP contribution in [0.4, 0.5) is 0 Å². The molecule has 0 bridgehead atoms. The number of amides is 1. The summed E-state index contributed by atoms with van der Waals surface area (Å²) in [6, 6.07) is 37.6. The highest BCUT2D eigenvalue weighted by atomic mass is 16.5. The van der Waals surface area contributed by atoms with Crippen molar-refractivity contribution >= 4 is 33.7 Å². The number of hydrogen-bond acceptors (Lipinski definition) is 3. The quantitative estimate of drug-likeness (QED) is 0.230. The lowest BCUT2D eigenvalue weighted by Gasteiger charge is -2.14. The summed E-state index contributed by atoms with van der Waals surface area (Å²) < 4.78 is 8.03. The molecular formula is C34H26N2O4. The maximum absolute atomic E-state index is 12.6. The van der Waals surface area contributed by atoms with Crippen molar-refractivity contribution in [2.24, 2.45) is 5.73 Å². The van der Waals surface area contributed by atoms with E-state index in [-0.39, 0.29) is 0 Å². The highest BCUT2D eigenvalue weighted by molar-refractivity contribution is 6.20. The van der Waals surface area contributed by atoms with E-state index >= 15 is 0 Å². The molecule has 0 unspecified atom stereocenters. The summed E-state index contributed by atoms with van der Waals surface area (Å²) in [5.74, 6) is -1.27. The Morgan fingerprint density at radius 2 is 1.38 bits per heavy atom. The molecule has 1 aromatic heterocycles. The number of primary amides is 1. The van der Waals surface area contributed by atoms with Crippen molar-refractivity contribution in [3.8, 4) is 28.0 Å². The molecule has 0 saturated heterocycles. The van der Waals surface area contributed by atoms with Crippen LogP contribution in [0.1, 0.15) is 15.9 Å². The Balaban J connectivity index is 1.67. The van der Waals surface area contributed by atoms with Crippen LogP contribution >= 0.6 is 0 Å². The number of rotatable bonds is 8. The second kappa shape index (κ2) is 10.4. The number of ether oxygens (including phenoxy) is 1. The molecule has 1 amide bonds. The first-order chi connectivity index (χ1) is 19.5. The zero-order chi connectivity index (χ0) is 27.6. The minimum Gasteiger partial charge on any atom is -0.481 e. The molecule has 6 heteroatoms. The number of carboxylic acids is 1. The van der Waals surface area contributed by atoms with Crippen LogP contribution in [0.2, 0.25) is 0 Å². The minimum absolute atomic E-state index is 0.352. The first-order valence-electron chi connectivity index (χ1n) is 12.9. The van der Waals surface area contributed by atoms with Gasteiger partial charge in [0.05, 0.1) is 16.4 Å². The van der Waals surface area contributed by atoms with Gasteiger partial charge in [-0.25, -0.2) is 4.79 Å². The number of benzene rings is 5. The van der Waals surface area contributed by atoms with Gasteiger partial charge in [-0.15, -0.1) is 0 Å².